The van der Waals surface area contributed by atoms with Crippen molar-refractivity contribution in [3.63, 3.8) is 0 Å². The van der Waals surface area contributed by atoms with Crippen molar-refractivity contribution in [3.8, 4) is 0 Å². The van der Waals surface area contributed by atoms with Gasteiger partial charge in [0.1, 0.15) is 5.92 Å². The maximum Gasteiger partial charge on any atom is 0.391 e. The van der Waals surface area contributed by atoms with Crippen molar-refractivity contribution >= 4 is 5.91 Å². The molecule has 2 fully saturated rings. The molecule has 4 atom stereocenters. The molecular weight excluding hydrogens is 510 g/mol. The lowest BCUT2D eigenvalue weighted by atomic mass is 9.65. The van der Waals surface area contributed by atoms with Crippen molar-refractivity contribution in [2.45, 2.75) is 69.0 Å². The van der Waals surface area contributed by atoms with Gasteiger partial charge in [0.05, 0.1) is 24.9 Å². The van der Waals surface area contributed by atoms with E-state index in [0.29, 0.717) is 25.9 Å². The number of alkyl halides is 3. The maximum atomic E-state index is 14.0. The van der Waals surface area contributed by atoms with E-state index in [9.17, 15) is 18.0 Å². The number of benzene rings is 1. The summed E-state index contributed by atoms with van der Waals surface area (Å²) in [7, 11) is 0. The fourth-order valence-electron chi connectivity index (χ4n) is 6.85. The number of nitrogens with one attached hydrogen (secondary N) is 1. The normalized spacial score (nSPS) is 27.7. The number of amides is 1. The molecule has 0 bridgehead atoms. The average molecular weight is 544 g/mol. The Balaban J connectivity index is 0.00000180. The summed E-state index contributed by atoms with van der Waals surface area (Å²) < 4.78 is 40.9. The summed E-state index contributed by atoms with van der Waals surface area (Å²) in [6.45, 7) is 3.88. The molecule has 3 N–H and O–H groups in total. The van der Waals surface area contributed by atoms with Gasteiger partial charge >= 0.3 is 6.18 Å². The summed E-state index contributed by atoms with van der Waals surface area (Å²) in [5, 5.41) is 2.19. The van der Waals surface area contributed by atoms with Crippen LogP contribution in [-0.2, 0) is 16.6 Å². The summed E-state index contributed by atoms with van der Waals surface area (Å²) in [5.41, 5.74) is 4.25. The first-order valence-electron chi connectivity index (χ1n) is 12.5. The molecule has 9 heteroatoms. The molecule has 1 aliphatic carbocycles. The summed E-state index contributed by atoms with van der Waals surface area (Å²) in [5.74, 6) is -0.315. The van der Waals surface area contributed by atoms with Crippen LogP contribution in [0, 0.1) is 12.8 Å². The third-order valence-corrected chi connectivity index (χ3v) is 8.37. The molecule has 0 radical (unpaired) electrons. The van der Waals surface area contributed by atoms with Crippen LogP contribution in [0.1, 0.15) is 60.5 Å². The minimum atomic E-state index is -4.30. The van der Waals surface area contributed by atoms with Crippen LogP contribution < -0.4 is 35.1 Å². The fourth-order valence-corrected chi connectivity index (χ4v) is 6.85. The summed E-state index contributed by atoms with van der Waals surface area (Å²) >= 11 is 0. The molecule has 2 aromatic rings. The highest BCUT2D eigenvalue weighted by Gasteiger charge is 2.56. The molecule has 1 aromatic heterocycles. The molecule has 1 amide bonds. The second kappa shape index (κ2) is 11.3. The van der Waals surface area contributed by atoms with Crippen molar-refractivity contribution in [1.29, 1.82) is 0 Å². The van der Waals surface area contributed by atoms with Gasteiger partial charge in [0.25, 0.3) is 0 Å². The number of nitrogens with two attached hydrogens (primary N) is 1. The minimum Gasteiger partial charge on any atom is -1.00 e. The zero-order chi connectivity index (χ0) is 23.9. The predicted molar refractivity (Wildman–Crippen MR) is 122 cm³/mol. The number of aromatic amines is 1. The number of carbonyl (C=O) groups is 1. The molecule has 2 aliphatic heterocycles. The van der Waals surface area contributed by atoms with Gasteiger partial charge in [0.2, 0.25) is 5.91 Å². The number of pyridine rings is 1. The van der Waals surface area contributed by atoms with E-state index in [1.54, 1.807) is 4.90 Å². The Labute approximate surface area is 223 Å². The number of rotatable bonds is 3. The lowest BCUT2D eigenvalue weighted by molar-refractivity contribution is -0.640. The van der Waals surface area contributed by atoms with Gasteiger partial charge in [0, 0.05) is 37.6 Å². The number of aryl methyl sites for hydroxylation is 2. The quantitative estimate of drug-likeness (QED) is 0.450. The zero-order valence-electron chi connectivity index (χ0n) is 20.5. The smallest absolute Gasteiger partial charge is 0.391 e. The number of hydrogen-bond acceptors (Lipinski definition) is 1. The van der Waals surface area contributed by atoms with Crippen LogP contribution in [0.25, 0.3) is 0 Å². The van der Waals surface area contributed by atoms with E-state index in [1.165, 1.54) is 11.3 Å². The number of quaternary nitrogens is 1. The van der Waals surface area contributed by atoms with Crippen molar-refractivity contribution in [3.05, 3.63) is 65.0 Å². The largest absolute Gasteiger partial charge is 1.00 e. The summed E-state index contributed by atoms with van der Waals surface area (Å²) in [6, 6.07) is 13.2. The van der Waals surface area contributed by atoms with Crippen LogP contribution in [0.15, 0.2) is 42.5 Å². The molecule has 3 aliphatic rings. The fraction of sp³-hybridized carbons (Fsp3) is 0.556. The maximum absolute atomic E-state index is 14.0. The second-order valence-corrected chi connectivity index (χ2v) is 10.5. The topological polar surface area (TPSA) is 51.1 Å². The van der Waals surface area contributed by atoms with E-state index < -0.39 is 18.6 Å². The van der Waals surface area contributed by atoms with E-state index in [1.807, 2.05) is 37.3 Å². The third-order valence-electron chi connectivity index (χ3n) is 8.37. The highest BCUT2D eigenvalue weighted by Crippen LogP contribution is 2.45. The van der Waals surface area contributed by atoms with Gasteiger partial charge in [-0.1, -0.05) is 30.3 Å². The Morgan fingerprint density at radius 3 is 2.64 bits per heavy atom. The van der Waals surface area contributed by atoms with Crippen molar-refractivity contribution in [2.24, 2.45) is 5.92 Å². The Morgan fingerprint density at radius 1 is 1.17 bits per heavy atom. The van der Waals surface area contributed by atoms with Crippen molar-refractivity contribution in [1.82, 2.24) is 4.90 Å². The summed E-state index contributed by atoms with van der Waals surface area (Å²) in [4.78, 5) is 19.1. The van der Waals surface area contributed by atoms with Gasteiger partial charge in [-0.05, 0) is 43.2 Å². The minimum absolute atomic E-state index is 0. The Hall–Kier alpha value is -1.83. The van der Waals surface area contributed by atoms with E-state index in [-0.39, 0.29) is 48.0 Å². The van der Waals surface area contributed by atoms with E-state index in [4.69, 9.17) is 0 Å². The zero-order valence-corrected chi connectivity index (χ0v) is 22.0. The first-order chi connectivity index (χ1) is 16.3. The number of nitrogens with zero attached hydrogens (tertiary/aromatic N) is 1. The molecule has 2 saturated heterocycles. The number of carbonyl (C=O) groups excluding carboxylic acids is 1. The highest BCUT2D eigenvalue weighted by atomic mass is 35.5. The molecule has 0 unspecified atom stereocenters. The van der Waals surface area contributed by atoms with Gasteiger partial charge in [-0.25, -0.2) is 4.98 Å². The number of H-pyrrole nitrogens is 1. The number of aromatic nitrogens is 1. The number of halogens is 5. The van der Waals surface area contributed by atoms with Crippen LogP contribution in [0.5, 0.6) is 0 Å². The molecule has 0 saturated carbocycles. The highest BCUT2D eigenvalue weighted by molar-refractivity contribution is 5.82. The van der Waals surface area contributed by atoms with Gasteiger partial charge < -0.3 is 35.0 Å². The second-order valence-electron chi connectivity index (χ2n) is 10.5. The number of piperidine rings is 1. The van der Waals surface area contributed by atoms with Gasteiger partial charge in [0.15, 0.2) is 11.4 Å². The average Bonchev–Trinajstić information content (AvgIpc) is 3.22. The molecule has 5 rings (SSSR count). The van der Waals surface area contributed by atoms with E-state index >= 15 is 0 Å². The monoisotopic (exact) mass is 543 g/mol. The molecule has 3 heterocycles. The lowest BCUT2D eigenvalue weighted by Crippen LogP contribution is -3.00. The van der Waals surface area contributed by atoms with Crippen molar-refractivity contribution < 1.29 is 53.1 Å². The van der Waals surface area contributed by atoms with Crippen molar-refractivity contribution in [2.75, 3.05) is 19.6 Å². The molecule has 1 spiro atoms. The molecule has 1 aromatic carbocycles. The van der Waals surface area contributed by atoms with E-state index in [0.717, 1.165) is 37.1 Å². The van der Waals surface area contributed by atoms with Crippen LogP contribution in [0.4, 0.5) is 13.2 Å². The Morgan fingerprint density at radius 2 is 1.92 bits per heavy atom. The molecule has 198 valence electrons. The Kier molecular flexibility index (Phi) is 9.00. The van der Waals surface area contributed by atoms with Crippen LogP contribution in [0.3, 0.4) is 0 Å². The number of hydrogen-bond donors (Lipinski definition) is 1. The van der Waals surface area contributed by atoms with Gasteiger partial charge in [-0.3, -0.25) is 4.79 Å². The standard InChI is InChI=1S/C27H32F3N3O.2ClH/c1-18-9-10-22-24(32-18)8-5-12-26(22)17-31-16-23(26)25(34)33-13-11-20(19-6-3-2-4-7-19)14-21(33)15-27(28,29)30;;/h2-4,6-7,9-10,20-21,23,31H,5,8,11-17H2,1H3;2*1H/t20-,21+,23+,26+;;/m1../s1. The van der Waals surface area contributed by atoms with Gasteiger partial charge in [-0.2, -0.15) is 13.2 Å². The molecule has 4 nitrogen and oxygen atoms in total. The van der Waals surface area contributed by atoms with Crippen LogP contribution >= 0.6 is 0 Å². The molecular formula is C27H34Cl2F3N3O. The third kappa shape index (κ3) is 5.53. The number of likely N-dealkylation sites (tertiary alicyclic amines) is 1. The van der Waals surface area contributed by atoms with Crippen LogP contribution in [0.2, 0.25) is 0 Å². The summed E-state index contributed by atoms with van der Waals surface area (Å²) in [6.07, 6.45) is -1.31. The molecule has 36 heavy (non-hydrogen) atoms. The first-order valence-corrected chi connectivity index (χ1v) is 12.5. The SMILES string of the molecule is Cc1ccc2c([nH+]1)CCC[C@]21C[NH2+]C[C@H]1C(=O)N1CC[C@@H](c2ccccc2)C[C@H]1CC(F)(F)F.[Cl-].[Cl-]. The van der Waals surface area contributed by atoms with Gasteiger partial charge in [-0.15, -0.1) is 0 Å². The Bertz CT molecular complexity index is 1050. The van der Waals surface area contributed by atoms with Crippen LogP contribution in [-0.4, -0.2) is 42.7 Å². The first kappa shape index (κ1) is 28.7. The number of fused-ring (bicyclic) bond motifs is 2. The lowest BCUT2D eigenvalue weighted by Gasteiger charge is -2.43. The predicted octanol–water partition coefficient (Wildman–Crippen LogP) is -2.69. The van der Waals surface area contributed by atoms with E-state index in [2.05, 4.69) is 22.4 Å².